The summed E-state index contributed by atoms with van der Waals surface area (Å²) in [6, 6.07) is 11.8. The number of nitrogens with two attached hydrogens (primary N) is 1. The third kappa shape index (κ3) is 2.25. The zero-order valence-corrected chi connectivity index (χ0v) is 9.89. The maximum atomic E-state index is 8.97. The van der Waals surface area contributed by atoms with Crippen molar-refractivity contribution in [3.05, 3.63) is 42.0 Å². The Kier molecular flexibility index (Phi) is 3.61. The first-order chi connectivity index (χ1) is 8.27. The molecule has 1 atom stereocenters. The molecule has 0 amide bonds. The predicted octanol–water partition coefficient (Wildman–Crippen LogP) is 2.23. The van der Waals surface area contributed by atoms with Gasteiger partial charge in [-0.05, 0) is 23.4 Å². The lowest BCUT2D eigenvalue weighted by molar-refractivity contribution is 0.277. The maximum Gasteiger partial charge on any atom is 0.126 e. The standard InChI is InChI=1S/C14H17NO2/c1-17-14-7-6-11(13(15)8-9-16)10-4-2-3-5-12(10)14/h2-7,13,16H,8-9,15H2,1H3. The SMILES string of the molecule is COc1ccc(C(N)CCO)c2ccccc12. The molecule has 0 aliphatic heterocycles. The number of hydrogen-bond donors (Lipinski definition) is 2. The molecule has 3 heteroatoms. The second-order valence-corrected chi connectivity index (χ2v) is 4.02. The molecule has 17 heavy (non-hydrogen) atoms. The molecule has 3 nitrogen and oxygen atoms in total. The lowest BCUT2D eigenvalue weighted by Crippen LogP contribution is -2.12. The predicted molar refractivity (Wildman–Crippen MR) is 69.1 cm³/mol. The summed E-state index contributed by atoms with van der Waals surface area (Å²) in [5, 5.41) is 11.1. The molecule has 0 bridgehead atoms. The van der Waals surface area contributed by atoms with Crippen LogP contribution in [0.5, 0.6) is 5.75 Å². The molecule has 2 rings (SSSR count). The Labute approximate surface area is 101 Å². The highest BCUT2D eigenvalue weighted by molar-refractivity contribution is 5.91. The van der Waals surface area contributed by atoms with E-state index < -0.39 is 0 Å². The number of aliphatic hydroxyl groups excluding tert-OH is 1. The fourth-order valence-electron chi connectivity index (χ4n) is 2.09. The van der Waals surface area contributed by atoms with Gasteiger partial charge >= 0.3 is 0 Å². The molecular weight excluding hydrogens is 214 g/mol. The van der Waals surface area contributed by atoms with Crippen LogP contribution in [-0.4, -0.2) is 18.8 Å². The summed E-state index contributed by atoms with van der Waals surface area (Å²) in [6.07, 6.45) is 0.566. The first kappa shape index (κ1) is 11.9. The number of rotatable bonds is 4. The summed E-state index contributed by atoms with van der Waals surface area (Å²) in [5.41, 5.74) is 7.11. The average Bonchev–Trinajstić information content (AvgIpc) is 2.37. The van der Waals surface area contributed by atoms with E-state index in [1.807, 2.05) is 36.4 Å². The third-order valence-corrected chi connectivity index (χ3v) is 2.98. The van der Waals surface area contributed by atoms with E-state index in [9.17, 15) is 0 Å². The number of fused-ring (bicyclic) bond motifs is 1. The quantitative estimate of drug-likeness (QED) is 0.848. The number of aliphatic hydroxyl groups is 1. The molecule has 0 spiro atoms. The highest BCUT2D eigenvalue weighted by Gasteiger charge is 2.11. The van der Waals surface area contributed by atoms with Crippen LogP contribution in [0.1, 0.15) is 18.0 Å². The lowest BCUT2D eigenvalue weighted by Gasteiger charge is -2.15. The molecule has 0 fully saturated rings. The minimum Gasteiger partial charge on any atom is -0.496 e. The summed E-state index contributed by atoms with van der Waals surface area (Å²) in [7, 11) is 1.66. The van der Waals surface area contributed by atoms with Gasteiger partial charge in [-0.2, -0.15) is 0 Å². The van der Waals surface area contributed by atoms with E-state index >= 15 is 0 Å². The molecule has 0 saturated carbocycles. The lowest BCUT2D eigenvalue weighted by atomic mass is 9.97. The van der Waals surface area contributed by atoms with E-state index in [4.69, 9.17) is 15.6 Å². The van der Waals surface area contributed by atoms with Crippen LogP contribution in [0.25, 0.3) is 10.8 Å². The summed E-state index contributed by atoms with van der Waals surface area (Å²) in [4.78, 5) is 0. The van der Waals surface area contributed by atoms with Gasteiger partial charge < -0.3 is 15.6 Å². The fraction of sp³-hybridized carbons (Fsp3) is 0.286. The van der Waals surface area contributed by atoms with Crippen molar-refractivity contribution in [1.29, 1.82) is 0 Å². The van der Waals surface area contributed by atoms with Gasteiger partial charge in [0.25, 0.3) is 0 Å². The fourth-order valence-corrected chi connectivity index (χ4v) is 2.09. The van der Waals surface area contributed by atoms with Crippen LogP contribution in [0, 0.1) is 0 Å². The van der Waals surface area contributed by atoms with Crippen LogP contribution in [0.15, 0.2) is 36.4 Å². The summed E-state index contributed by atoms with van der Waals surface area (Å²) < 4.78 is 5.33. The van der Waals surface area contributed by atoms with E-state index in [1.165, 1.54) is 0 Å². The molecule has 3 N–H and O–H groups in total. The smallest absolute Gasteiger partial charge is 0.126 e. The molecule has 0 aromatic heterocycles. The Morgan fingerprint density at radius 3 is 2.53 bits per heavy atom. The van der Waals surface area contributed by atoms with Gasteiger partial charge in [-0.3, -0.25) is 0 Å². The van der Waals surface area contributed by atoms with Crippen LogP contribution >= 0.6 is 0 Å². The van der Waals surface area contributed by atoms with Crippen LogP contribution in [0.3, 0.4) is 0 Å². The van der Waals surface area contributed by atoms with Crippen molar-refractivity contribution in [1.82, 2.24) is 0 Å². The molecule has 1 unspecified atom stereocenters. The van der Waals surface area contributed by atoms with E-state index in [1.54, 1.807) is 7.11 Å². The topological polar surface area (TPSA) is 55.5 Å². The number of hydrogen-bond acceptors (Lipinski definition) is 3. The highest BCUT2D eigenvalue weighted by Crippen LogP contribution is 2.31. The Hall–Kier alpha value is -1.58. The zero-order chi connectivity index (χ0) is 12.3. The van der Waals surface area contributed by atoms with Gasteiger partial charge in [0.2, 0.25) is 0 Å². The minimum atomic E-state index is -0.143. The molecule has 0 aliphatic rings. The Bertz CT molecular complexity index is 511. The van der Waals surface area contributed by atoms with Gasteiger partial charge in [0.15, 0.2) is 0 Å². The Morgan fingerprint density at radius 1 is 1.18 bits per heavy atom. The molecule has 0 heterocycles. The van der Waals surface area contributed by atoms with Crippen molar-refractivity contribution >= 4 is 10.8 Å². The van der Waals surface area contributed by atoms with Crippen LogP contribution < -0.4 is 10.5 Å². The maximum absolute atomic E-state index is 8.97. The van der Waals surface area contributed by atoms with Crippen LogP contribution in [0.2, 0.25) is 0 Å². The Morgan fingerprint density at radius 2 is 1.88 bits per heavy atom. The van der Waals surface area contributed by atoms with Crippen molar-refractivity contribution in [2.24, 2.45) is 5.73 Å². The minimum absolute atomic E-state index is 0.0987. The first-order valence-corrected chi connectivity index (χ1v) is 5.70. The second kappa shape index (κ2) is 5.17. The number of benzene rings is 2. The van der Waals surface area contributed by atoms with Gasteiger partial charge in [-0.25, -0.2) is 0 Å². The van der Waals surface area contributed by atoms with Crippen molar-refractivity contribution in [2.75, 3.05) is 13.7 Å². The molecule has 0 radical (unpaired) electrons. The average molecular weight is 231 g/mol. The van der Waals surface area contributed by atoms with Gasteiger partial charge in [0, 0.05) is 18.0 Å². The van der Waals surface area contributed by atoms with E-state index in [-0.39, 0.29) is 12.6 Å². The molecule has 2 aromatic rings. The number of methoxy groups -OCH3 is 1. The molecule has 2 aromatic carbocycles. The summed E-state index contributed by atoms with van der Waals surface area (Å²) in [6.45, 7) is 0.0987. The van der Waals surface area contributed by atoms with Gasteiger partial charge in [-0.1, -0.05) is 30.3 Å². The van der Waals surface area contributed by atoms with E-state index in [2.05, 4.69) is 0 Å². The van der Waals surface area contributed by atoms with Gasteiger partial charge in [0.1, 0.15) is 5.75 Å². The van der Waals surface area contributed by atoms with E-state index in [0.29, 0.717) is 6.42 Å². The van der Waals surface area contributed by atoms with Gasteiger partial charge in [0.05, 0.1) is 7.11 Å². The van der Waals surface area contributed by atoms with Gasteiger partial charge in [-0.15, -0.1) is 0 Å². The van der Waals surface area contributed by atoms with Crippen molar-refractivity contribution in [3.8, 4) is 5.75 Å². The molecule has 0 saturated heterocycles. The summed E-state index contributed by atoms with van der Waals surface area (Å²) in [5.74, 6) is 0.848. The molecule has 0 aliphatic carbocycles. The molecular formula is C14H17NO2. The summed E-state index contributed by atoms with van der Waals surface area (Å²) >= 11 is 0. The van der Waals surface area contributed by atoms with Crippen molar-refractivity contribution in [2.45, 2.75) is 12.5 Å². The third-order valence-electron chi connectivity index (χ3n) is 2.98. The second-order valence-electron chi connectivity index (χ2n) is 4.02. The highest BCUT2D eigenvalue weighted by atomic mass is 16.5. The zero-order valence-electron chi connectivity index (χ0n) is 9.89. The normalized spacial score (nSPS) is 12.6. The van der Waals surface area contributed by atoms with Crippen molar-refractivity contribution < 1.29 is 9.84 Å². The van der Waals surface area contributed by atoms with E-state index in [0.717, 1.165) is 22.1 Å². The number of ether oxygens (including phenoxy) is 1. The van der Waals surface area contributed by atoms with Crippen LogP contribution in [0.4, 0.5) is 0 Å². The monoisotopic (exact) mass is 231 g/mol. The van der Waals surface area contributed by atoms with Crippen molar-refractivity contribution in [3.63, 3.8) is 0 Å². The van der Waals surface area contributed by atoms with Crippen LogP contribution in [-0.2, 0) is 0 Å². The first-order valence-electron chi connectivity index (χ1n) is 5.70. The Balaban J connectivity index is 2.58. The molecule has 90 valence electrons. The largest absolute Gasteiger partial charge is 0.496 e.